The normalized spacial score (nSPS) is 24.9. The van der Waals surface area contributed by atoms with Crippen molar-refractivity contribution in [2.75, 3.05) is 19.8 Å². The molecule has 2 aliphatic rings. The van der Waals surface area contributed by atoms with E-state index in [1.165, 1.54) is 11.3 Å². The topological polar surface area (TPSA) is 49.9 Å². The predicted octanol–water partition coefficient (Wildman–Crippen LogP) is 0.561. The molecule has 4 nitrogen and oxygen atoms in total. The molecular weight excluding hydrogens is 178 g/mol. The van der Waals surface area contributed by atoms with Crippen molar-refractivity contribution in [1.29, 1.82) is 0 Å². The van der Waals surface area contributed by atoms with Crippen LogP contribution in [0.15, 0.2) is 6.20 Å². The lowest BCUT2D eigenvalue weighted by molar-refractivity contribution is 0.0456. The van der Waals surface area contributed by atoms with Crippen molar-refractivity contribution in [3.05, 3.63) is 17.5 Å². The van der Waals surface area contributed by atoms with Crippen LogP contribution in [0.2, 0.25) is 0 Å². The summed E-state index contributed by atoms with van der Waals surface area (Å²) < 4.78 is 5.43. The summed E-state index contributed by atoms with van der Waals surface area (Å²) in [5, 5.41) is 10.8. The van der Waals surface area contributed by atoms with E-state index in [0.717, 1.165) is 39.1 Å². The van der Waals surface area contributed by atoms with Crippen molar-refractivity contribution in [3.63, 3.8) is 0 Å². The zero-order valence-corrected chi connectivity index (χ0v) is 8.18. The van der Waals surface area contributed by atoms with Crippen molar-refractivity contribution in [3.8, 4) is 0 Å². The number of nitrogens with zero attached hydrogens (tertiary/aromatic N) is 1. The highest BCUT2D eigenvalue weighted by Crippen LogP contribution is 2.36. The molecule has 2 N–H and O–H groups in total. The lowest BCUT2D eigenvalue weighted by Crippen LogP contribution is -2.46. The number of H-pyrrole nitrogens is 1. The zero-order valence-electron chi connectivity index (χ0n) is 8.18. The number of rotatable bonds is 0. The van der Waals surface area contributed by atoms with Crippen LogP contribution in [0.25, 0.3) is 0 Å². The van der Waals surface area contributed by atoms with E-state index in [9.17, 15) is 0 Å². The number of hydrogen-bond acceptors (Lipinski definition) is 3. The van der Waals surface area contributed by atoms with Gasteiger partial charge in [0.25, 0.3) is 0 Å². The first-order chi connectivity index (χ1) is 6.91. The first-order valence-corrected chi connectivity index (χ1v) is 5.22. The van der Waals surface area contributed by atoms with E-state index >= 15 is 0 Å². The van der Waals surface area contributed by atoms with E-state index in [1.54, 1.807) is 0 Å². The lowest BCUT2D eigenvalue weighted by atomic mass is 9.74. The Labute approximate surface area is 83.0 Å². The second kappa shape index (κ2) is 3.07. The number of nitrogens with one attached hydrogen (secondary N) is 2. The zero-order chi connectivity index (χ0) is 9.43. The molecule has 3 rings (SSSR count). The van der Waals surface area contributed by atoms with Crippen LogP contribution in [0.5, 0.6) is 0 Å². The van der Waals surface area contributed by atoms with Crippen LogP contribution in [0, 0.1) is 0 Å². The Bertz CT molecular complexity index is 328. The summed E-state index contributed by atoms with van der Waals surface area (Å²) in [6.45, 7) is 3.76. The van der Waals surface area contributed by atoms with Gasteiger partial charge < -0.3 is 10.1 Å². The Morgan fingerprint density at radius 2 is 2.21 bits per heavy atom. The Morgan fingerprint density at radius 3 is 3.07 bits per heavy atom. The molecule has 0 amide bonds. The minimum absolute atomic E-state index is 0.266. The molecule has 1 fully saturated rings. The van der Waals surface area contributed by atoms with E-state index in [4.69, 9.17) is 4.74 Å². The highest BCUT2D eigenvalue weighted by molar-refractivity contribution is 5.29. The highest BCUT2D eigenvalue weighted by Gasteiger charge is 2.39. The molecule has 4 heteroatoms. The number of ether oxygens (including phenoxy) is 1. The first-order valence-electron chi connectivity index (χ1n) is 5.22. The molecule has 1 spiro atoms. The monoisotopic (exact) mass is 193 g/mol. The van der Waals surface area contributed by atoms with Crippen molar-refractivity contribution >= 4 is 0 Å². The molecule has 1 aromatic rings. The second-order valence-corrected chi connectivity index (χ2v) is 4.27. The maximum absolute atomic E-state index is 5.43. The lowest BCUT2D eigenvalue weighted by Gasteiger charge is -2.39. The van der Waals surface area contributed by atoms with Crippen LogP contribution >= 0.6 is 0 Å². The maximum atomic E-state index is 5.43. The maximum Gasteiger partial charge on any atom is 0.0535 e. The van der Waals surface area contributed by atoms with E-state index in [0.29, 0.717) is 0 Å². The van der Waals surface area contributed by atoms with Crippen molar-refractivity contribution < 1.29 is 4.74 Å². The minimum Gasteiger partial charge on any atom is -0.381 e. The van der Waals surface area contributed by atoms with Gasteiger partial charge in [-0.15, -0.1) is 0 Å². The quantitative estimate of drug-likeness (QED) is 0.633. The number of fused-ring (bicyclic) bond motifs is 2. The molecular formula is C10H15N3O. The minimum atomic E-state index is 0.266. The predicted molar refractivity (Wildman–Crippen MR) is 52.0 cm³/mol. The second-order valence-electron chi connectivity index (χ2n) is 4.27. The summed E-state index contributed by atoms with van der Waals surface area (Å²) in [6, 6.07) is 0. The molecule has 0 bridgehead atoms. The Balaban J connectivity index is 2.01. The number of aromatic nitrogens is 2. The molecule has 1 aromatic heterocycles. The Kier molecular flexibility index (Phi) is 1.85. The summed E-state index contributed by atoms with van der Waals surface area (Å²) in [5.41, 5.74) is 2.94. The smallest absolute Gasteiger partial charge is 0.0535 e. The van der Waals surface area contributed by atoms with Gasteiger partial charge in [-0.3, -0.25) is 5.10 Å². The average molecular weight is 193 g/mol. The molecule has 0 aromatic carbocycles. The molecule has 0 radical (unpaired) electrons. The summed E-state index contributed by atoms with van der Waals surface area (Å²) in [4.78, 5) is 0. The number of hydrogen-bond donors (Lipinski definition) is 2. The van der Waals surface area contributed by atoms with Crippen LogP contribution < -0.4 is 5.32 Å². The Hall–Kier alpha value is -0.870. The van der Waals surface area contributed by atoms with Gasteiger partial charge in [0.1, 0.15) is 0 Å². The van der Waals surface area contributed by atoms with Gasteiger partial charge in [0.2, 0.25) is 0 Å². The molecule has 76 valence electrons. The molecule has 14 heavy (non-hydrogen) atoms. The van der Waals surface area contributed by atoms with E-state index < -0.39 is 0 Å². The van der Waals surface area contributed by atoms with Gasteiger partial charge in [0, 0.05) is 43.0 Å². The molecule has 0 atom stereocenters. The van der Waals surface area contributed by atoms with Crippen LogP contribution in [-0.4, -0.2) is 30.0 Å². The summed E-state index contributed by atoms with van der Waals surface area (Å²) >= 11 is 0. The fraction of sp³-hybridized carbons (Fsp3) is 0.700. The summed E-state index contributed by atoms with van der Waals surface area (Å²) in [6.07, 6.45) is 4.16. The fourth-order valence-corrected chi connectivity index (χ4v) is 2.62. The van der Waals surface area contributed by atoms with Crippen molar-refractivity contribution in [2.45, 2.75) is 24.8 Å². The molecule has 0 saturated carbocycles. The Morgan fingerprint density at radius 1 is 1.36 bits per heavy atom. The third-order valence-corrected chi connectivity index (χ3v) is 3.48. The van der Waals surface area contributed by atoms with Gasteiger partial charge in [-0.1, -0.05) is 0 Å². The summed E-state index contributed by atoms with van der Waals surface area (Å²) in [7, 11) is 0. The van der Waals surface area contributed by atoms with Gasteiger partial charge >= 0.3 is 0 Å². The van der Waals surface area contributed by atoms with E-state index in [2.05, 4.69) is 15.5 Å². The van der Waals surface area contributed by atoms with Crippen molar-refractivity contribution in [2.24, 2.45) is 0 Å². The van der Waals surface area contributed by atoms with E-state index in [-0.39, 0.29) is 5.41 Å². The van der Waals surface area contributed by atoms with Crippen LogP contribution in [0.1, 0.15) is 24.1 Å². The fourth-order valence-electron chi connectivity index (χ4n) is 2.62. The molecule has 3 heterocycles. The third-order valence-electron chi connectivity index (χ3n) is 3.48. The standard InChI is InChI=1S/C10H15N3O/c1-3-14-4-2-10(1)7-11-5-8-6-12-13-9(8)10/h6,11H,1-5,7H2,(H,12,13). The van der Waals surface area contributed by atoms with Crippen LogP contribution in [0.4, 0.5) is 0 Å². The largest absolute Gasteiger partial charge is 0.381 e. The van der Waals surface area contributed by atoms with Crippen LogP contribution in [-0.2, 0) is 16.7 Å². The first kappa shape index (κ1) is 8.44. The highest BCUT2D eigenvalue weighted by atomic mass is 16.5. The third kappa shape index (κ3) is 1.11. The molecule has 2 aliphatic heterocycles. The summed E-state index contributed by atoms with van der Waals surface area (Å²) in [5.74, 6) is 0. The van der Waals surface area contributed by atoms with Gasteiger partial charge in [-0.25, -0.2) is 0 Å². The van der Waals surface area contributed by atoms with Crippen LogP contribution in [0.3, 0.4) is 0 Å². The number of aromatic amines is 1. The molecule has 1 saturated heterocycles. The van der Waals surface area contributed by atoms with Gasteiger partial charge in [0.05, 0.1) is 6.20 Å². The average Bonchev–Trinajstić information content (AvgIpc) is 2.69. The van der Waals surface area contributed by atoms with E-state index in [1.807, 2.05) is 6.20 Å². The van der Waals surface area contributed by atoms with Crippen molar-refractivity contribution in [1.82, 2.24) is 15.5 Å². The van der Waals surface area contributed by atoms with Gasteiger partial charge in [-0.2, -0.15) is 5.10 Å². The van der Waals surface area contributed by atoms with Gasteiger partial charge in [0.15, 0.2) is 0 Å². The van der Waals surface area contributed by atoms with Gasteiger partial charge in [-0.05, 0) is 12.8 Å². The molecule has 0 unspecified atom stereocenters. The SMILES string of the molecule is c1n[nH]c2c1CNCC21CCOCC1. The molecule has 0 aliphatic carbocycles.